The minimum Gasteiger partial charge on any atom is -0.380 e. The second-order valence-corrected chi connectivity index (χ2v) is 4.55. The minimum absolute atomic E-state index is 0.0398. The molecule has 7 nitrogen and oxygen atoms in total. The highest BCUT2D eigenvalue weighted by Gasteiger charge is 2.13. The molecule has 0 spiro atoms. The van der Waals surface area contributed by atoms with E-state index in [4.69, 9.17) is 5.11 Å². The quantitative estimate of drug-likeness (QED) is 0.595. The molecule has 2 aromatic rings. The van der Waals surface area contributed by atoms with Gasteiger partial charge in [-0.05, 0) is 18.2 Å². The molecule has 8 heteroatoms. The third-order valence-electron chi connectivity index (χ3n) is 1.85. The number of aliphatic hydroxyl groups excluding tert-OH is 1. The van der Waals surface area contributed by atoms with Gasteiger partial charge in [-0.1, -0.05) is 0 Å². The van der Waals surface area contributed by atoms with Crippen molar-refractivity contribution in [2.75, 3.05) is 6.73 Å². The lowest BCUT2D eigenvalue weighted by Gasteiger charge is -2.02. The van der Waals surface area contributed by atoms with Gasteiger partial charge in [-0.15, -0.1) is 0 Å². The van der Waals surface area contributed by atoms with Crippen LogP contribution in [0.3, 0.4) is 0 Å². The Morgan fingerprint density at radius 2 is 2.07 bits per heavy atom. The Kier molecular flexibility index (Phi) is 2.39. The molecule has 1 aromatic carbocycles. The molecule has 0 fully saturated rings. The van der Waals surface area contributed by atoms with Gasteiger partial charge in [0, 0.05) is 0 Å². The molecule has 3 N–H and O–H groups in total. The van der Waals surface area contributed by atoms with E-state index in [1.165, 1.54) is 18.2 Å². The maximum Gasteiger partial charge on any atom is 0.242 e. The number of aliphatic hydroxyl groups is 1. The van der Waals surface area contributed by atoms with E-state index in [-0.39, 0.29) is 4.90 Å². The lowest BCUT2D eigenvalue weighted by atomic mass is 10.3. The van der Waals surface area contributed by atoms with Crippen LogP contribution in [0.25, 0.3) is 11.0 Å². The summed E-state index contributed by atoms with van der Waals surface area (Å²) in [6.45, 7) is -0.640. The predicted molar refractivity (Wildman–Crippen MR) is 51.3 cm³/mol. The molecule has 15 heavy (non-hydrogen) atoms. The molecule has 0 saturated carbocycles. The molecule has 0 radical (unpaired) electrons. The Morgan fingerprint density at radius 3 is 2.80 bits per heavy atom. The summed E-state index contributed by atoms with van der Waals surface area (Å²) in [5.74, 6) is 0. The van der Waals surface area contributed by atoms with E-state index in [9.17, 15) is 8.42 Å². The average molecular weight is 228 g/mol. The van der Waals surface area contributed by atoms with Crippen LogP contribution in [0.5, 0.6) is 0 Å². The van der Waals surface area contributed by atoms with Crippen LogP contribution in [0.15, 0.2) is 23.1 Å². The van der Waals surface area contributed by atoms with E-state index in [1.54, 1.807) is 0 Å². The summed E-state index contributed by atoms with van der Waals surface area (Å²) >= 11 is 0. The van der Waals surface area contributed by atoms with Gasteiger partial charge in [0.2, 0.25) is 10.0 Å². The molecule has 0 aliphatic heterocycles. The van der Waals surface area contributed by atoms with Crippen LogP contribution < -0.4 is 4.72 Å². The number of nitrogens with zero attached hydrogens (tertiary/aromatic N) is 2. The fraction of sp³-hybridized carbons (Fsp3) is 0.143. The zero-order chi connectivity index (χ0) is 10.9. The smallest absolute Gasteiger partial charge is 0.242 e. The zero-order valence-corrected chi connectivity index (χ0v) is 8.32. The fourth-order valence-corrected chi connectivity index (χ4v) is 2.01. The van der Waals surface area contributed by atoms with Crippen LogP contribution in [0, 0.1) is 0 Å². The van der Waals surface area contributed by atoms with Crippen molar-refractivity contribution in [2.45, 2.75) is 4.90 Å². The largest absolute Gasteiger partial charge is 0.380 e. The zero-order valence-electron chi connectivity index (χ0n) is 7.51. The van der Waals surface area contributed by atoms with Crippen LogP contribution >= 0.6 is 0 Å². The van der Waals surface area contributed by atoms with Gasteiger partial charge in [0.15, 0.2) is 0 Å². The summed E-state index contributed by atoms with van der Waals surface area (Å²) in [5, 5.41) is 18.4. The van der Waals surface area contributed by atoms with E-state index in [0.717, 1.165) is 0 Å². The molecule has 0 unspecified atom stereocenters. The summed E-state index contributed by atoms with van der Waals surface area (Å²) in [6.07, 6.45) is 0. The van der Waals surface area contributed by atoms with E-state index >= 15 is 0 Å². The third-order valence-corrected chi connectivity index (χ3v) is 3.24. The second-order valence-electron chi connectivity index (χ2n) is 2.78. The molecule has 2 rings (SSSR count). The topological polar surface area (TPSA) is 108 Å². The highest BCUT2D eigenvalue weighted by molar-refractivity contribution is 7.89. The monoisotopic (exact) mass is 228 g/mol. The second kappa shape index (κ2) is 3.57. The lowest BCUT2D eigenvalue weighted by Crippen LogP contribution is -2.24. The molecule has 0 amide bonds. The summed E-state index contributed by atoms with van der Waals surface area (Å²) in [5.41, 5.74) is 1.04. The Balaban J connectivity index is 2.52. The van der Waals surface area contributed by atoms with Crippen LogP contribution in [-0.4, -0.2) is 35.7 Å². The SMILES string of the molecule is O=S(=O)(NCO)c1ccc2n[nH]nc2c1. The first kappa shape index (κ1) is 10.0. The number of sulfonamides is 1. The third kappa shape index (κ3) is 1.82. The van der Waals surface area contributed by atoms with E-state index in [0.29, 0.717) is 11.0 Å². The van der Waals surface area contributed by atoms with Crippen molar-refractivity contribution in [2.24, 2.45) is 0 Å². The van der Waals surface area contributed by atoms with Crippen molar-refractivity contribution in [3.8, 4) is 0 Å². The summed E-state index contributed by atoms with van der Waals surface area (Å²) in [4.78, 5) is 0.0398. The van der Waals surface area contributed by atoms with E-state index < -0.39 is 16.8 Å². The summed E-state index contributed by atoms with van der Waals surface area (Å²) in [6, 6.07) is 4.30. The lowest BCUT2D eigenvalue weighted by molar-refractivity contribution is 0.288. The first-order valence-corrected chi connectivity index (χ1v) is 5.53. The molecule has 0 bridgehead atoms. The predicted octanol–water partition coefficient (Wildman–Crippen LogP) is -0.814. The van der Waals surface area contributed by atoms with Gasteiger partial charge in [-0.2, -0.15) is 20.1 Å². The van der Waals surface area contributed by atoms with Crippen LogP contribution in [0.1, 0.15) is 0 Å². The van der Waals surface area contributed by atoms with Crippen molar-refractivity contribution in [3.63, 3.8) is 0 Å². The average Bonchev–Trinajstić information content (AvgIpc) is 2.63. The number of hydrogen-bond donors (Lipinski definition) is 3. The molecule has 0 aliphatic carbocycles. The van der Waals surface area contributed by atoms with Gasteiger partial charge < -0.3 is 5.11 Å². The fourth-order valence-electron chi connectivity index (χ4n) is 1.16. The molecular formula is C7H8N4O3S. The maximum absolute atomic E-state index is 11.5. The number of hydrogen-bond acceptors (Lipinski definition) is 5. The number of H-pyrrole nitrogens is 1. The molecule has 1 heterocycles. The van der Waals surface area contributed by atoms with Gasteiger partial charge in [-0.3, -0.25) is 0 Å². The number of aromatic amines is 1. The molecular weight excluding hydrogens is 220 g/mol. The molecule has 80 valence electrons. The number of rotatable bonds is 3. The van der Waals surface area contributed by atoms with Crippen molar-refractivity contribution in [3.05, 3.63) is 18.2 Å². The first-order chi connectivity index (χ1) is 7.13. The van der Waals surface area contributed by atoms with Gasteiger partial charge in [0.25, 0.3) is 0 Å². The van der Waals surface area contributed by atoms with Gasteiger partial charge in [0.05, 0.1) is 4.90 Å². The number of fused-ring (bicyclic) bond motifs is 1. The van der Waals surface area contributed by atoms with Crippen molar-refractivity contribution >= 4 is 21.1 Å². The van der Waals surface area contributed by atoms with Crippen LogP contribution in [-0.2, 0) is 10.0 Å². The summed E-state index contributed by atoms with van der Waals surface area (Å²) in [7, 11) is -3.66. The van der Waals surface area contributed by atoms with E-state index in [1.807, 2.05) is 4.72 Å². The van der Waals surface area contributed by atoms with Gasteiger partial charge in [0.1, 0.15) is 17.8 Å². The van der Waals surface area contributed by atoms with Gasteiger partial charge in [-0.25, -0.2) is 8.42 Å². The minimum atomic E-state index is -3.66. The Labute approximate surface area is 85.2 Å². The van der Waals surface area contributed by atoms with E-state index in [2.05, 4.69) is 15.4 Å². The molecule has 0 saturated heterocycles. The molecule has 1 aromatic heterocycles. The Hall–Kier alpha value is -1.51. The van der Waals surface area contributed by atoms with Crippen molar-refractivity contribution < 1.29 is 13.5 Å². The van der Waals surface area contributed by atoms with Gasteiger partial charge >= 0.3 is 0 Å². The number of nitrogens with one attached hydrogen (secondary N) is 2. The highest BCUT2D eigenvalue weighted by atomic mass is 32.2. The number of aromatic nitrogens is 3. The number of benzene rings is 1. The molecule has 0 atom stereocenters. The van der Waals surface area contributed by atoms with Crippen LogP contribution in [0.4, 0.5) is 0 Å². The molecule has 0 aliphatic rings. The Bertz CT molecular complexity index is 577. The normalized spacial score (nSPS) is 12.1. The Morgan fingerprint density at radius 1 is 1.33 bits per heavy atom. The van der Waals surface area contributed by atoms with Crippen LogP contribution in [0.2, 0.25) is 0 Å². The highest BCUT2D eigenvalue weighted by Crippen LogP contribution is 2.14. The maximum atomic E-state index is 11.5. The van der Waals surface area contributed by atoms with Crippen molar-refractivity contribution in [1.82, 2.24) is 20.1 Å². The van der Waals surface area contributed by atoms with Crippen molar-refractivity contribution in [1.29, 1.82) is 0 Å². The summed E-state index contributed by atoms with van der Waals surface area (Å²) < 4.78 is 24.9. The standard InChI is InChI=1S/C7H8N4O3S/c12-4-8-15(13,14)5-1-2-6-7(3-5)10-11-9-6/h1-3,8,12H,4H2,(H,9,10,11). The first-order valence-electron chi connectivity index (χ1n) is 4.04.